The van der Waals surface area contributed by atoms with Crippen LogP contribution in [0.3, 0.4) is 0 Å². The van der Waals surface area contributed by atoms with Crippen LogP contribution in [-0.2, 0) is 4.79 Å². The van der Waals surface area contributed by atoms with Crippen LogP contribution in [0.4, 0.5) is 0 Å². The van der Waals surface area contributed by atoms with Gasteiger partial charge in [-0.15, -0.1) is 0 Å². The van der Waals surface area contributed by atoms with E-state index >= 15 is 0 Å². The zero-order valence-corrected chi connectivity index (χ0v) is 14.7. The third-order valence-corrected chi connectivity index (χ3v) is 3.91. The lowest BCUT2D eigenvalue weighted by Crippen LogP contribution is -2.40. The Morgan fingerprint density at radius 3 is 2.69 bits per heavy atom. The molecule has 3 rings (SSSR count). The number of carbonyl (C=O) groups is 1. The van der Waals surface area contributed by atoms with Gasteiger partial charge in [-0.1, -0.05) is 18.2 Å². The lowest BCUT2D eigenvalue weighted by atomic mass is 10.2. The number of amides is 1. The second-order valence-corrected chi connectivity index (χ2v) is 5.69. The van der Waals surface area contributed by atoms with E-state index in [0.717, 1.165) is 11.3 Å². The highest BCUT2D eigenvalue weighted by atomic mass is 16.6. The zero-order valence-electron chi connectivity index (χ0n) is 14.7. The minimum Gasteiger partial charge on any atom is -0.493 e. The molecule has 0 fully saturated rings. The highest BCUT2D eigenvalue weighted by molar-refractivity contribution is 5.91. The molecule has 0 spiro atoms. The van der Waals surface area contributed by atoms with Gasteiger partial charge in [0.2, 0.25) is 5.91 Å². The maximum absolute atomic E-state index is 12.0. The van der Waals surface area contributed by atoms with Crippen LogP contribution in [0.25, 0.3) is 6.08 Å². The first-order valence-electron chi connectivity index (χ1n) is 8.26. The first-order valence-corrected chi connectivity index (χ1v) is 8.26. The van der Waals surface area contributed by atoms with E-state index in [0.29, 0.717) is 30.4 Å². The Labute approximate surface area is 152 Å². The summed E-state index contributed by atoms with van der Waals surface area (Å²) in [6.07, 6.45) is 2.97. The number of methoxy groups -OCH3 is 2. The summed E-state index contributed by atoms with van der Waals surface area (Å²) in [7, 11) is 3.15. The first kappa shape index (κ1) is 17.7. The fraction of sp³-hybridized carbons (Fsp3) is 0.250. The van der Waals surface area contributed by atoms with E-state index in [1.165, 1.54) is 6.08 Å². The van der Waals surface area contributed by atoms with Crippen molar-refractivity contribution in [1.82, 2.24) is 5.32 Å². The molecule has 1 unspecified atom stereocenters. The number of ether oxygens (including phenoxy) is 4. The molecule has 1 aliphatic heterocycles. The van der Waals surface area contributed by atoms with E-state index < -0.39 is 0 Å². The third-order valence-electron chi connectivity index (χ3n) is 3.91. The summed E-state index contributed by atoms with van der Waals surface area (Å²) >= 11 is 0. The van der Waals surface area contributed by atoms with Crippen molar-refractivity contribution in [3.05, 3.63) is 54.1 Å². The summed E-state index contributed by atoms with van der Waals surface area (Å²) in [4.78, 5) is 12.0. The molecule has 0 aromatic heterocycles. The van der Waals surface area contributed by atoms with Gasteiger partial charge in [0, 0.05) is 6.08 Å². The van der Waals surface area contributed by atoms with Crippen molar-refractivity contribution < 1.29 is 23.7 Å². The minimum absolute atomic E-state index is 0.206. The smallest absolute Gasteiger partial charge is 0.244 e. The molecule has 0 aliphatic carbocycles. The molecule has 0 bridgehead atoms. The number of hydrogen-bond acceptors (Lipinski definition) is 5. The van der Waals surface area contributed by atoms with Crippen LogP contribution in [0.1, 0.15) is 5.56 Å². The van der Waals surface area contributed by atoms with Crippen molar-refractivity contribution in [3.8, 4) is 23.0 Å². The third kappa shape index (κ3) is 4.27. The molecule has 1 aliphatic rings. The summed E-state index contributed by atoms with van der Waals surface area (Å²) in [5.74, 6) is 2.47. The van der Waals surface area contributed by atoms with Crippen molar-refractivity contribution in [3.63, 3.8) is 0 Å². The molecule has 2 aromatic rings. The Kier molecular flexibility index (Phi) is 5.63. The van der Waals surface area contributed by atoms with Crippen LogP contribution in [0.15, 0.2) is 48.5 Å². The Morgan fingerprint density at radius 1 is 1.15 bits per heavy atom. The zero-order chi connectivity index (χ0) is 18.4. The van der Waals surface area contributed by atoms with Crippen LogP contribution in [0.2, 0.25) is 0 Å². The molecule has 1 heterocycles. The molecule has 1 atom stereocenters. The topological polar surface area (TPSA) is 66.0 Å². The van der Waals surface area contributed by atoms with Crippen molar-refractivity contribution in [2.24, 2.45) is 0 Å². The van der Waals surface area contributed by atoms with Crippen molar-refractivity contribution in [2.75, 3.05) is 27.4 Å². The van der Waals surface area contributed by atoms with Gasteiger partial charge in [0.25, 0.3) is 0 Å². The summed E-state index contributed by atoms with van der Waals surface area (Å²) < 4.78 is 21.9. The molecule has 6 heteroatoms. The largest absolute Gasteiger partial charge is 0.493 e. The number of carbonyl (C=O) groups excluding carboxylic acids is 1. The van der Waals surface area contributed by atoms with E-state index in [2.05, 4.69) is 5.32 Å². The van der Waals surface area contributed by atoms with Gasteiger partial charge in [0.15, 0.2) is 23.0 Å². The lowest BCUT2D eigenvalue weighted by molar-refractivity contribution is -0.116. The number of rotatable bonds is 6. The number of para-hydroxylation sites is 2. The normalized spacial score (nSPS) is 15.5. The average Bonchev–Trinajstić information content (AvgIpc) is 2.70. The molecule has 1 N–H and O–H groups in total. The van der Waals surface area contributed by atoms with E-state index in [1.807, 2.05) is 30.3 Å². The van der Waals surface area contributed by atoms with Crippen LogP contribution in [0.5, 0.6) is 23.0 Å². The van der Waals surface area contributed by atoms with Crippen molar-refractivity contribution >= 4 is 12.0 Å². The minimum atomic E-state index is -0.219. The summed E-state index contributed by atoms with van der Waals surface area (Å²) in [5, 5.41) is 2.82. The number of fused-ring (bicyclic) bond motifs is 1. The Hall–Kier alpha value is -3.15. The second-order valence-electron chi connectivity index (χ2n) is 5.69. The maximum atomic E-state index is 12.0. The van der Waals surface area contributed by atoms with Gasteiger partial charge in [-0.05, 0) is 35.9 Å². The molecule has 2 aromatic carbocycles. The molecule has 26 heavy (non-hydrogen) atoms. The van der Waals surface area contributed by atoms with E-state index in [9.17, 15) is 4.79 Å². The van der Waals surface area contributed by atoms with Crippen molar-refractivity contribution in [1.29, 1.82) is 0 Å². The van der Waals surface area contributed by atoms with Crippen LogP contribution >= 0.6 is 0 Å². The quantitative estimate of drug-likeness (QED) is 0.807. The van der Waals surface area contributed by atoms with Gasteiger partial charge < -0.3 is 24.3 Å². The summed E-state index contributed by atoms with van der Waals surface area (Å²) in [6.45, 7) is 0.764. The molecule has 136 valence electrons. The maximum Gasteiger partial charge on any atom is 0.244 e. The van der Waals surface area contributed by atoms with E-state index in [4.69, 9.17) is 18.9 Å². The SMILES string of the molecule is COc1ccc(/C=C/C(=O)NCC2COc3ccccc3O2)cc1OC. The molecule has 1 amide bonds. The van der Waals surface area contributed by atoms with Gasteiger partial charge in [-0.2, -0.15) is 0 Å². The summed E-state index contributed by atoms with van der Waals surface area (Å²) in [5.41, 5.74) is 0.837. The molecular weight excluding hydrogens is 334 g/mol. The van der Waals surface area contributed by atoms with E-state index in [-0.39, 0.29) is 12.0 Å². The fourth-order valence-corrected chi connectivity index (χ4v) is 2.57. The predicted molar refractivity (Wildman–Crippen MR) is 97.9 cm³/mol. The van der Waals surface area contributed by atoms with Gasteiger partial charge in [-0.3, -0.25) is 4.79 Å². The van der Waals surface area contributed by atoms with Gasteiger partial charge in [0.05, 0.1) is 20.8 Å². The Bertz CT molecular complexity index is 803. The number of nitrogens with one attached hydrogen (secondary N) is 1. The molecule has 0 saturated carbocycles. The number of benzene rings is 2. The van der Waals surface area contributed by atoms with Gasteiger partial charge in [-0.25, -0.2) is 0 Å². The Morgan fingerprint density at radius 2 is 1.92 bits per heavy atom. The van der Waals surface area contributed by atoms with Gasteiger partial charge in [0.1, 0.15) is 12.7 Å². The van der Waals surface area contributed by atoms with Crippen LogP contribution in [0, 0.1) is 0 Å². The predicted octanol–water partition coefficient (Wildman–Crippen LogP) is 2.67. The van der Waals surface area contributed by atoms with E-state index in [1.54, 1.807) is 32.4 Å². The molecule has 6 nitrogen and oxygen atoms in total. The lowest BCUT2D eigenvalue weighted by Gasteiger charge is -2.26. The van der Waals surface area contributed by atoms with Crippen LogP contribution < -0.4 is 24.3 Å². The Balaban J connectivity index is 1.52. The molecule has 0 saturated heterocycles. The van der Waals surface area contributed by atoms with Gasteiger partial charge >= 0.3 is 0 Å². The molecular formula is C20H21NO5. The average molecular weight is 355 g/mol. The highest BCUT2D eigenvalue weighted by Crippen LogP contribution is 2.30. The second kappa shape index (κ2) is 8.29. The standard InChI is InChI=1S/C20H21NO5/c1-23-16-9-7-14(11-19(16)24-2)8-10-20(22)21-12-15-13-25-17-5-3-4-6-18(17)26-15/h3-11,15H,12-13H2,1-2H3,(H,21,22)/b10-8+. The monoisotopic (exact) mass is 355 g/mol. The molecule has 0 radical (unpaired) electrons. The van der Waals surface area contributed by atoms with Crippen molar-refractivity contribution in [2.45, 2.75) is 6.10 Å². The first-order chi connectivity index (χ1) is 12.7. The fourth-order valence-electron chi connectivity index (χ4n) is 2.57. The van der Waals surface area contributed by atoms with Crippen LogP contribution in [-0.4, -0.2) is 39.4 Å². The number of hydrogen-bond donors (Lipinski definition) is 1. The highest BCUT2D eigenvalue weighted by Gasteiger charge is 2.20. The summed E-state index contributed by atoms with van der Waals surface area (Å²) in [6, 6.07) is 12.9.